The van der Waals surface area contributed by atoms with Crippen molar-refractivity contribution in [1.29, 1.82) is 5.41 Å². The van der Waals surface area contributed by atoms with Crippen molar-refractivity contribution in [2.75, 3.05) is 5.32 Å². The lowest BCUT2D eigenvalue weighted by atomic mass is 10.1. The van der Waals surface area contributed by atoms with Crippen LogP contribution >= 0.6 is 15.9 Å². The van der Waals surface area contributed by atoms with E-state index in [1.54, 1.807) is 18.2 Å². The van der Waals surface area contributed by atoms with Crippen LogP contribution in [0.3, 0.4) is 0 Å². The van der Waals surface area contributed by atoms with Gasteiger partial charge in [-0.15, -0.1) is 0 Å². The van der Waals surface area contributed by atoms with Crippen LogP contribution in [-0.2, 0) is 6.54 Å². The van der Waals surface area contributed by atoms with Crippen LogP contribution < -0.4 is 11.1 Å². The fourth-order valence-corrected chi connectivity index (χ4v) is 2.15. The molecule has 4 nitrogen and oxygen atoms in total. The first kappa shape index (κ1) is 14.3. The third kappa shape index (κ3) is 3.45. The van der Waals surface area contributed by atoms with E-state index in [0.717, 1.165) is 11.3 Å². The predicted molar refractivity (Wildman–Crippen MR) is 84.5 cm³/mol. The summed E-state index contributed by atoms with van der Waals surface area (Å²) >= 11 is 3.13. The summed E-state index contributed by atoms with van der Waals surface area (Å²) < 4.78 is 0.205. The second kappa shape index (κ2) is 6.34. The molecule has 0 bridgehead atoms. The Hall–Kier alpha value is -2.14. The van der Waals surface area contributed by atoms with Crippen LogP contribution in [0, 0.1) is 5.41 Å². The van der Waals surface area contributed by atoms with E-state index in [4.69, 9.17) is 11.1 Å². The highest BCUT2D eigenvalue weighted by atomic mass is 79.9. The molecule has 2 rings (SSSR count). The Morgan fingerprint density at radius 2 is 1.90 bits per heavy atom. The van der Waals surface area contributed by atoms with E-state index in [2.05, 4.69) is 21.2 Å². The molecule has 2 aromatic rings. The highest BCUT2D eigenvalue weighted by molar-refractivity contribution is 9.18. The number of benzene rings is 2. The van der Waals surface area contributed by atoms with Gasteiger partial charge >= 0.3 is 0 Å². The smallest absolute Gasteiger partial charge is 0.248 e. The van der Waals surface area contributed by atoms with Gasteiger partial charge in [-0.1, -0.05) is 30.3 Å². The summed E-state index contributed by atoms with van der Waals surface area (Å²) in [7, 11) is 0. The molecular weight excluding hydrogens is 318 g/mol. The van der Waals surface area contributed by atoms with Crippen molar-refractivity contribution in [3.63, 3.8) is 0 Å². The lowest BCUT2D eigenvalue weighted by molar-refractivity contribution is 0.100. The number of anilines is 1. The molecule has 0 radical (unpaired) electrons. The number of amides is 1. The van der Waals surface area contributed by atoms with E-state index < -0.39 is 5.91 Å². The molecule has 2 aromatic carbocycles. The van der Waals surface area contributed by atoms with Crippen LogP contribution in [0.5, 0.6) is 0 Å². The Kier molecular flexibility index (Phi) is 4.53. The van der Waals surface area contributed by atoms with Crippen molar-refractivity contribution < 1.29 is 4.79 Å². The van der Waals surface area contributed by atoms with Crippen molar-refractivity contribution in [3.8, 4) is 0 Å². The van der Waals surface area contributed by atoms with E-state index in [1.807, 2.05) is 30.3 Å². The largest absolute Gasteiger partial charge is 0.380 e. The lowest BCUT2D eigenvalue weighted by Crippen LogP contribution is -2.12. The number of carbonyl (C=O) groups excluding carboxylic acids is 1. The Bertz CT molecular complexity index is 641. The molecule has 102 valence electrons. The fraction of sp³-hybridized carbons (Fsp3) is 0.0667. The van der Waals surface area contributed by atoms with Gasteiger partial charge in [-0.3, -0.25) is 10.2 Å². The summed E-state index contributed by atoms with van der Waals surface area (Å²) in [5.41, 5.74) is 8.16. The molecule has 0 unspecified atom stereocenters. The summed E-state index contributed by atoms with van der Waals surface area (Å²) in [6.07, 6.45) is 0. The van der Waals surface area contributed by atoms with Crippen LogP contribution in [0.25, 0.3) is 0 Å². The second-order valence-electron chi connectivity index (χ2n) is 4.28. The molecule has 0 atom stereocenters. The normalized spacial score (nSPS) is 10.1. The molecule has 20 heavy (non-hydrogen) atoms. The fourth-order valence-electron chi connectivity index (χ4n) is 1.83. The molecule has 0 fully saturated rings. The second-order valence-corrected chi connectivity index (χ2v) is 5.07. The van der Waals surface area contributed by atoms with E-state index in [1.165, 1.54) is 0 Å². The number of primary amides is 1. The standard InChI is InChI=1S/C15H14BrN3O/c16-14(17)12-8-11(15(18)20)6-7-13(12)19-9-10-4-2-1-3-5-10/h1-8,17,19H,9H2,(H2,18,20). The van der Waals surface area contributed by atoms with Crippen molar-refractivity contribution in [3.05, 3.63) is 65.2 Å². The molecule has 0 saturated heterocycles. The molecule has 0 heterocycles. The molecule has 0 aliphatic carbocycles. The average molecular weight is 332 g/mol. The van der Waals surface area contributed by atoms with E-state index in [9.17, 15) is 4.79 Å². The summed E-state index contributed by atoms with van der Waals surface area (Å²) in [6.45, 7) is 0.643. The number of hydrogen-bond acceptors (Lipinski definition) is 3. The number of carbonyl (C=O) groups is 1. The van der Waals surface area contributed by atoms with Gasteiger partial charge in [-0.2, -0.15) is 0 Å². The van der Waals surface area contributed by atoms with Gasteiger partial charge in [0, 0.05) is 23.4 Å². The number of halogens is 1. The molecule has 0 aliphatic rings. The molecule has 4 N–H and O–H groups in total. The first-order chi connectivity index (χ1) is 9.58. The number of nitrogens with two attached hydrogens (primary N) is 1. The maximum Gasteiger partial charge on any atom is 0.248 e. The molecule has 0 aromatic heterocycles. The van der Waals surface area contributed by atoms with Crippen LogP contribution in [0.2, 0.25) is 0 Å². The SMILES string of the molecule is N=C(Br)c1cc(C(N)=O)ccc1NCc1ccccc1. The maximum atomic E-state index is 11.2. The third-order valence-corrected chi connectivity index (χ3v) is 3.29. The summed E-state index contributed by atoms with van der Waals surface area (Å²) in [6, 6.07) is 15.0. The first-order valence-electron chi connectivity index (χ1n) is 6.04. The maximum absolute atomic E-state index is 11.2. The van der Waals surface area contributed by atoms with E-state index in [-0.39, 0.29) is 4.62 Å². The van der Waals surface area contributed by atoms with Crippen LogP contribution in [0.15, 0.2) is 48.5 Å². The summed E-state index contributed by atoms with van der Waals surface area (Å²) in [5, 5.41) is 11.0. The van der Waals surface area contributed by atoms with Gasteiger partial charge in [0.15, 0.2) is 0 Å². The van der Waals surface area contributed by atoms with Crippen molar-refractivity contribution >= 4 is 32.1 Å². The minimum Gasteiger partial charge on any atom is -0.380 e. The zero-order valence-electron chi connectivity index (χ0n) is 10.7. The molecular formula is C15H14BrN3O. The van der Waals surface area contributed by atoms with E-state index in [0.29, 0.717) is 17.7 Å². The van der Waals surface area contributed by atoms with Gasteiger partial charge in [0.25, 0.3) is 0 Å². The molecule has 0 aliphatic heterocycles. The Balaban J connectivity index is 2.23. The highest BCUT2D eigenvalue weighted by Crippen LogP contribution is 2.21. The zero-order valence-corrected chi connectivity index (χ0v) is 12.3. The van der Waals surface area contributed by atoms with Gasteiger partial charge < -0.3 is 11.1 Å². The van der Waals surface area contributed by atoms with Gasteiger partial charge in [0.1, 0.15) is 4.62 Å². The van der Waals surface area contributed by atoms with Gasteiger partial charge in [-0.25, -0.2) is 0 Å². The quantitative estimate of drug-likeness (QED) is 0.736. The van der Waals surface area contributed by atoms with Gasteiger partial charge in [0.05, 0.1) is 0 Å². The van der Waals surface area contributed by atoms with Crippen LogP contribution in [-0.4, -0.2) is 10.5 Å². The monoisotopic (exact) mass is 331 g/mol. The summed E-state index contributed by atoms with van der Waals surface area (Å²) in [4.78, 5) is 11.2. The topological polar surface area (TPSA) is 79.0 Å². The van der Waals surface area contributed by atoms with Gasteiger partial charge in [-0.05, 0) is 39.7 Å². The summed E-state index contributed by atoms with van der Waals surface area (Å²) in [5.74, 6) is -0.505. The highest BCUT2D eigenvalue weighted by Gasteiger charge is 2.09. The minimum absolute atomic E-state index is 0.205. The Morgan fingerprint density at radius 1 is 1.20 bits per heavy atom. The Morgan fingerprint density at radius 3 is 2.50 bits per heavy atom. The van der Waals surface area contributed by atoms with Crippen molar-refractivity contribution in [2.24, 2.45) is 5.73 Å². The molecule has 1 amide bonds. The lowest BCUT2D eigenvalue weighted by Gasteiger charge is -2.12. The number of nitrogens with one attached hydrogen (secondary N) is 2. The van der Waals surface area contributed by atoms with Crippen molar-refractivity contribution in [2.45, 2.75) is 6.54 Å². The molecule has 5 heteroatoms. The third-order valence-electron chi connectivity index (χ3n) is 2.87. The first-order valence-corrected chi connectivity index (χ1v) is 6.83. The van der Waals surface area contributed by atoms with Gasteiger partial charge in [0.2, 0.25) is 5.91 Å². The van der Waals surface area contributed by atoms with Crippen LogP contribution in [0.1, 0.15) is 21.5 Å². The van der Waals surface area contributed by atoms with E-state index >= 15 is 0 Å². The zero-order chi connectivity index (χ0) is 14.5. The Labute approximate surface area is 125 Å². The molecule has 0 saturated carbocycles. The average Bonchev–Trinajstić information content (AvgIpc) is 2.45. The number of hydrogen-bond donors (Lipinski definition) is 3. The van der Waals surface area contributed by atoms with Crippen LogP contribution in [0.4, 0.5) is 5.69 Å². The minimum atomic E-state index is -0.505. The predicted octanol–water partition coefficient (Wildman–Crippen LogP) is 3.12. The van der Waals surface area contributed by atoms with Crippen molar-refractivity contribution in [1.82, 2.24) is 0 Å². The molecule has 0 spiro atoms. The number of rotatable bonds is 5.